The second-order valence-electron chi connectivity index (χ2n) is 3.54. The zero-order valence-corrected chi connectivity index (χ0v) is 7.97. The predicted octanol–water partition coefficient (Wildman–Crippen LogP) is 1.72. The summed E-state index contributed by atoms with van der Waals surface area (Å²) < 4.78 is 0. The highest BCUT2D eigenvalue weighted by Crippen LogP contribution is 2.30. The molecule has 0 saturated carbocycles. The first-order chi connectivity index (χ1) is 7.34. The number of nitrogens with zero attached hydrogens (tertiary/aromatic N) is 2. The standard InChI is InChI=1S/C12H8N2O/c15-8-3-4-11-10(6-8)9-2-1-5-13-7-12(9)14-11/h1-5,7H,6H2. The Morgan fingerprint density at radius 3 is 3.13 bits per heavy atom. The topological polar surface area (TPSA) is 42.9 Å². The molecule has 0 radical (unpaired) electrons. The summed E-state index contributed by atoms with van der Waals surface area (Å²) in [6.07, 6.45) is 7.26. The summed E-state index contributed by atoms with van der Waals surface area (Å²) in [5.74, 6) is 0.135. The lowest BCUT2D eigenvalue weighted by molar-refractivity contribution is -0.114. The SMILES string of the molecule is O=C1C=Cc2nc3cncccc-3c2C1. The Morgan fingerprint density at radius 2 is 2.20 bits per heavy atom. The molecule has 0 saturated heterocycles. The number of hydrogen-bond acceptors (Lipinski definition) is 3. The van der Waals surface area contributed by atoms with E-state index < -0.39 is 0 Å². The third-order valence-corrected chi connectivity index (χ3v) is 2.56. The Labute approximate surface area is 86.8 Å². The van der Waals surface area contributed by atoms with Crippen LogP contribution in [0.25, 0.3) is 17.3 Å². The van der Waals surface area contributed by atoms with E-state index in [9.17, 15) is 4.79 Å². The average Bonchev–Trinajstić information content (AvgIpc) is 2.44. The van der Waals surface area contributed by atoms with Crippen molar-refractivity contribution in [1.29, 1.82) is 0 Å². The van der Waals surface area contributed by atoms with E-state index in [2.05, 4.69) is 9.97 Å². The molecule has 0 unspecified atom stereocenters. The molecule has 72 valence electrons. The van der Waals surface area contributed by atoms with E-state index in [0.29, 0.717) is 6.42 Å². The molecule has 1 aliphatic carbocycles. The van der Waals surface area contributed by atoms with Crippen LogP contribution in [0.5, 0.6) is 0 Å². The van der Waals surface area contributed by atoms with E-state index in [1.165, 1.54) is 0 Å². The first kappa shape index (κ1) is 8.29. The fourth-order valence-electron chi connectivity index (χ4n) is 1.87. The predicted molar refractivity (Wildman–Crippen MR) is 56.4 cm³/mol. The van der Waals surface area contributed by atoms with Gasteiger partial charge in [0.2, 0.25) is 0 Å². The van der Waals surface area contributed by atoms with Gasteiger partial charge in [-0.2, -0.15) is 0 Å². The number of carbonyl (C=O) groups excluding carboxylic acids is 1. The number of aromatic nitrogens is 2. The van der Waals surface area contributed by atoms with E-state index >= 15 is 0 Å². The summed E-state index contributed by atoms with van der Waals surface area (Å²) in [7, 11) is 0. The van der Waals surface area contributed by atoms with E-state index in [-0.39, 0.29) is 5.78 Å². The van der Waals surface area contributed by atoms with Gasteiger partial charge < -0.3 is 0 Å². The molecule has 15 heavy (non-hydrogen) atoms. The number of rotatable bonds is 0. The van der Waals surface area contributed by atoms with Crippen LogP contribution in [0.15, 0.2) is 30.6 Å². The van der Waals surface area contributed by atoms with Crippen LogP contribution in [0.3, 0.4) is 0 Å². The monoisotopic (exact) mass is 196 g/mol. The summed E-state index contributed by atoms with van der Waals surface area (Å²) in [5.41, 5.74) is 3.80. The molecule has 0 fully saturated rings. The third kappa shape index (κ3) is 1.24. The quantitative estimate of drug-likeness (QED) is 0.644. The Kier molecular flexibility index (Phi) is 1.65. The molecule has 0 aromatic carbocycles. The molecule has 0 bridgehead atoms. The highest BCUT2D eigenvalue weighted by Gasteiger charge is 2.20. The van der Waals surface area contributed by atoms with Gasteiger partial charge in [0.25, 0.3) is 0 Å². The molecular formula is C12H8N2O. The van der Waals surface area contributed by atoms with Gasteiger partial charge in [0.1, 0.15) is 0 Å². The van der Waals surface area contributed by atoms with Gasteiger partial charge in [-0.1, -0.05) is 6.07 Å². The van der Waals surface area contributed by atoms with Crippen LogP contribution in [0, 0.1) is 0 Å². The molecule has 0 aromatic rings. The maximum absolute atomic E-state index is 11.3. The molecule has 0 N–H and O–H groups in total. The van der Waals surface area contributed by atoms with Gasteiger partial charge in [0, 0.05) is 18.2 Å². The van der Waals surface area contributed by atoms with Crippen molar-refractivity contribution in [3.63, 3.8) is 0 Å². The van der Waals surface area contributed by atoms with E-state index in [0.717, 1.165) is 22.5 Å². The molecule has 0 amide bonds. The number of allylic oxidation sites excluding steroid dienone is 1. The Hall–Kier alpha value is -2.03. The lowest BCUT2D eigenvalue weighted by Crippen LogP contribution is -2.03. The van der Waals surface area contributed by atoms with Crippen LogP contribution in [0.2, 0.25) is 0 Å². The van der Waals surface area contributed by atoms with Crippen LogP contribution in [0.4, 0.5) is 0 Å². The molecule has 2 aliphatic heterocycles. The van der Waals surface area contributed by atoms with Crippen LogP contribution < -0.4 is 0 Å². The van der Waals surface area contributed by atoms with Gasteiger partial charge in [-0.05, 0) is 23.8 Å². The average molecular weight is 196 g/mol. The lowest BCUT2D eigenvalue weighted by Gasteiger charge is -2.03. The van der Waals surface area contributed by atoms with Crippen molar-refractivity contribution in [3.05, 3.63) is 41.9 Å². The second-order valence-corrected chi connectivity index (χ2v) is 3.54. The van der Waals surface area contributed by atoms with Gasteiger partial charge >= 0.3 is 0 Å². The van der Waals surface area contributed by atoms with E-state index in [4.69, 9.17) is 0 Å². The van der Waals surface area contributed by atoms with Crippen molar-refractivity contribution < 1.29 is 4.79 Å². The highest BCUT2D eigenvalue weighted by atomic mass is 16.1. The fraction of sp³-hybridized carbons (Fsp3) is 0.0833. The van der Waals surface area contributed by atoms with E-state index in [1.807, 2.05) is 12.1 Å². The van der Waals surface area contributed by atoms with E-state index in [1.54, 1.807) is 24.5 Å². The van der Waals surface area contributed by atoms with Crippen LogP contribution in [-0.4, -0.2) is 15.8 Å². The van der Waals surface area contributed by atoms with Crippen molar-refractivity contribution in [2.75, 3.05) is 0 Å². The normalized spacial score (nSPS) is 14.3. The Morgan fingerprint density at radius 1 is 1.27 bits per heavy atom. The molecule has 3 heteroatoms. The minimum absolute atomic E-state index is 0.135. The summed E-state index contributed by atoms with van der Waals surface area (Å²) in [6.45, 7) is 0. The minimum Gasteiger partial charge on any atom is -0.294 e. The first-order valence-corrected chi connectivity index (χ1v) is 4.78. The molecule has 3 rings (SSSR count). The molecule has 0 spiro atoms. The van der Waals surface area contributed by atoms with Crippen molar-refractivity contribution in [3.8, 4) is 11.3 Å². The summed E-state index contributed by atoms with van der Waals surface area (Å²) in [5, 5.41) is 0. The van der Waals surface area contributed by atoms with Gasteiger partial charge in [0.05, 0.1) is 17.6 Å². The summed E-state index contributed by atoms with van der Waals surface area (Å²) >= 11 is 0. The van der Waals surface area contributed by atoms with Crippen LogP contribution >= 0.6 is 0 Å². The molecule has 0 atom stereocenters. The van der Waals surface area contributed by atoms with Gasteiger partial charge in [-0.25, -0.2) is 4.98 Å². The second kappa shape index (κ2) is 2.98. The maximum atomic E-state index is 11.3. The largest absolute Gasteiger partial charge is 0.294 e. The summed E-state index contributed by atoms with van der Waals surface area (Å²) in [4.78, 5) is 19.8. The first-order valence-electron chi connectivity index (χ1n) is 4.78. The fourth-order valence-corrected chi connectivity index (χ4v) is 1.87. The van der Waals surface area contributed by atoms with Crippen LogP contribution in [-0.2, 0) is 11.2 Å². The van der Waals surface area contributed by atoms with Gasteiger partial charge in [-0.15, -0.1) is 0 Å². The lowest BCUT2D eigenvalue weighted by atomic mass is 9.99. The van der Waals surface area contributed by atoms with Crippen molar-refractivity contribution in [1.82, 2.24) is 9.97 Å². The van der Waals surface area contributed by atoms with Gasteiger partial charge in [0.15, 0.2) is 5.78 Å². The zero-order valence-electron chi connectivity index (χ0n) is 7.97. The molecule has 2 heterocycles. The third-order valence-electron chi connectivity index (χ3n) is 2.56. The molecule has 3 nitrogen and oxygen atoms in total. The Balaban J connectivity index is 2.31. The number of ketones is 1. The molecular weight excluding hydrogens is 188 g/mol. The van der Waals surface area contributed by atoms with Crippen LogP contribution in [0.1, 0.15) is 11.3 Å². The zero-order chi connectivity index (χ0) is 10.3. The molecule has 0 aromatic heterocycles. The number of hydrogen-bond donors (Lipinski definition) is 0. The molecule has 3 aliphatic rings. The minimum atomic E-state index is 0.135. The van der Waals surface area contributed by atoms with Crippen molar-refractivity contribution >= 4 is 11.9 Å². The van der Waals surface area contributed by atoms with Crippen molar-refractivity contribution in [2.24, 2.45) is 0 Å². The van der Waals surface area contributed by atoms with Crippen molar-refractivity contribution in [2.45, 2.75) is 6.42 Å². The Bertz CT molecular complexity index is 545. The smallest absolute Gasteiger partial charge is 0.160 e. The number of fused-ring (bicyclic) bond motifs is 3. The van der Waals surface area contributed by atoms with Gasteiger partial charge in [-0.3, -0.25) is 9.78 Å². The maximum Gasteiger partial charge on any atom is 0.160 e. The highest BCUT2D eigenvalue weighted by molar-refractivity contribution is 6.00. The summed E-state index contributed by atoms with van der Waals surface area (Å²) in [6, 6.07) is 3.83. The number of carbonyl (C=O) groups is 1.